The predicted octanol–water partition coefficient (Wildman–Crippen LogP) is 1.14. The Morgan fingerprint density at radius 3 is 2.88 bits per heavy atom. The molecule has 0 N–H and O–H groups in total. The first kappa shape index (κ1) is 10.3. The highest BCUT2D eigenvalue weighted by atomic mass is 16.6. The van der Waals surface area contributed by atoms with Gasteiger partial charge in [-0.05, 0) is 18.2 Å². The molecule has 5 heteroatoms. The highest BCUT2D eigenvalue weighted by molar-refractivity contribution is 5.90. The molecule has 0 fully saturated rings. The fourth-order valence-electron chi connectivity index (χ4n) is 1.35. The van der Waals surface area contributed by atoms with E-state index >= 15 is 0 Å². The van der Waals surface area contributed by atoms with E-state index in [0.29, 0.717) is 30.3 Å². The second-order valence-corrected chi connectivity index (χ2v) is 3.09. The number of benzene rings is 1. The normalized spacial score (nSPS) is 12.7. The van der Waals surface area contributed by atoms with Crippen LogP contribution in [0.4, 0.5) is 0 Å². The maximum atomic E-state index is 11.4. The van der Waals surface area contributed by atoms with Crippen LogP contribution in [0.2, 0.25) is 0 Å². The lowest BCUT2D eigenvalue weighted by Gasteiger charge is -2.18. The molecule has 0 spiro atoms. The van der Waals surface area contributed by atoms with Crippen molar-refractivity contribution in [2.75, 3.05) is 19.8 Å². The summed E-state index contributed by atoms with van der Waals surface area (Å²) < 4.78 is 15.3. The van der Waals surface area contributed by atoms with Gasteiger partial charge in [0, 0.05) is 0 Å². The van der Waals surface area contributed by atoms with Crippen molar-refractivity contribution < 1.29 is 19.0 Å². The minimum absolute atomic E-state index is 0.257. The molecule has 0 atom stereocenters. The van der Waals surface area contributed by atoms with Gasteiger partial charge in [-0.25, -0.2) is 4.79 Å². The van der Waals surface area contributed by atoms with Crippen LogP contribution in [0.25, 0.3) is 0 Å². The van der Waals surface area contributed by atoms with Gasteiger partial charge < -0.3 is 14.2 Å². The third-order valence-electron chi connectivity index (χ3n) is 2.05. The SMILES string of the molecule is N#CCOC(=O)c1ccc2c(c1)OCCO2. The number of nitriles is 1. The largest absolute Gasteiger partial charge is 0.486 e. The Balaban J connectivity index is 2.17. The van der Waals surface area contributed by atoms with Crippen LogP contribution in [0.5, 0.6) is 11.5 Å². The number of carbonyl (C=O) groups excluding carboxylic acids is 1. The van der Waals surface area contributed by atoms with Gasteiger partial charge in [0.2, 0.25) is 0 Å². The maximum absolute atomic E-state index is 11.4. The molecular weight excluding hydrogens is 210 g/mol. The van der Waals surface area contributed by atoms with Gasteiger partial charge in [0.25, 0.3) is 0 Å². The average Bonchev–Trinajstić information content (AvgIpc) is 2.35. The molecule has 1 aliphatic heterocycles. The summed E-state index contributed by atoms with van der Waals surface area (Å²) in [6, 6.07) is 6.51. The fraction of sp³-hybridized carbons (Fsp3) is 0.273. The van der Waals surface area contributed by atoms with E-state index in [1.807, 2.05) is 0 Å². The van der Waals surface area contributed by atoms with E-state index in [2.05, 4.69) is 4.74 Å². The lowest BCUT2D eigenvalue weighted by atomic mass is 10.2. The molecule has 0 amide bonds. The maximum Gasteiger partial charge on any atom is 0.339 e. The molecule has 2 rings (SSSR count). The molecule has 16 heavy (non-hydrogen) atoms. The minimum atomic E-state index is -0.543. The smallest absolute Gasteiger partial charge is 0.339 e. The first-order valence-corrected chi connectivity index (χ1v) is 4.75. The van der Waals surface area contributed by atoms with E-state index in [9.17, 15) is 4.79 Å². The van der Waals surface area contributed by atoms with Gasteiger partial charge in [-0.1, -0.05) is 0 Å². The van der Waals surface area contributed by atoms with E-state index < -0.39 is 5.97 Å². The monoisotopic (exact) mass is 219 g/mol. The first-order valence-electron chi connectivity index (χ1n) is 4.75. The number of hydrogen-bond donors (Lipinski definition) is 0. The Kier molecular flexibility index (Phi) is 2.92. The summed E-state index contributed by atoms with van der Waals surface area (Å²) in [4.78, 5) is 11.4. The Morgan fingerprint density at radius 2 is 2.12 bits per heavy atom. The molecule has 5 nitrogen and oxygen atoms in total. The number of nitrogens with zero attached hydrogens (tertiary/aromatic N) is 1. The fourth-order valence-corrected chi connectivity index (χ4v) is 1.35. The van der Waals surface area contributed by atoms with E-state index in [1.54, 1.807) is 24.3 Å². The van der Waals surface area contributed by atoms with Crippen LogP contribution in [0.3, 0.4) is 0 Å². The van der Waals surface area contributed by atoms with E-state index in [4.69, 9.17) is 14.7 Å². The van der Waals surface area contributed by atoms with E-state index in [0.717, 1.165) is 0 Å². The number of carbonyl (C=O) groups is 1. The van der Waals surface area contributed by atoms with Gasteiger partial charge in [-0.2, -0.15) is 5.26 Å². The zero-order chi connectivity index (χ0) is 11.4. The summed E-state index contributed by atoms with van der Waals surface area (Å²) in [6.07, 6.45) is 0. The zero-order valence-electron chi connectivity index (χ0n) is 8.43. The Bertz CT molecular complexity index is 450. The predicted molar refractivity (Wildman–Crippen MR) is 53.3 cm³/mol. The van der Waals surface area contributed by atoms with Crippen LogP contribution >= 0.6 is 0 Å². The number of esters is 1. The molecule has 0 unspecified atom stereocenters. The molecule has 82 valence electrons. The lowest BCUT2D eigenvalue weighted by Crippen LogP contribution is -2.16. The van der Waals surface area contributed by atoms with Crippen molar-refractivity contribution in [3.63, 3.8) is 0 Å². The van der Waals surface area contributed by atoms with Crippen molar-refractivity contribution in [2.45, 2.75) is 0 Å². The third-order valence-corrected chi connectivity index (χ3v) is 2.05. The Hall–Kier alpha value is -2.22. The van der Waals surface area contributed by atoms with Gasteiger partial charge in [-0.15, -0.1) is 0 Å². The molecule has 0 aliphatic carbocycles. The summed E-state index contributed by atoms with van der Waals surface area (Å²) in [5, 5.41) is 8.28. The second-order valence-electron chi connectivity index (χ2n) is 3.09. The number of fused-ring (bicyclic) bond motifs is 1. The van der Waals surface area contributed by atoms with Crippen molar-refractivity contribution in [2.24, 2.45) is 0 Å². The van der Waals surface area contributed by atoms with Crippen molar-refractivity contribution in [3.05, 3.63) is 23.8 Å². The topological polar surface area (TPSA) is 68.5 Å². The number of ether oxygens (including phenoxy) is 3. The van der Waals surface area contributed by atoms with Gasteiger partial charge in [0.1, 0.15) is 19.3 Å². The summed E-state index contributed by atoms with van der Waals surface area (Å²) >= 11 is 0. The van der Waals surface area contributed by atoms with Crippen LogP contribution in [0.1, 0.15) is 10.4 Å². The molecule has 0 saturated carbocycles. The zero-order valence-corrected chi connectivity index (χ0v) is 8.43. The molecule has 1 aliphatic rings. The Morgan fingerprint density at radius 1 is 1.38 bits per heavy atom. The first-order chi connectivity index (χ1) is 7.81. The highest BCUT2D eigenvalue weighted by Gasteiger charge is 2.15. The summed E-state index contributed by atoms with van der Waals surface area (Å²) in [6.45, 7) is 0.711. The molecule has 0 aromatic heterocycles. The third kappa shape index (κ3) is 2.06. The Labute approximate surface area is 92.1 Å². The van der Waals surface area contributed by atoms with Crippen molar-refractivity contribution in [1.29, 1.82) is 5.26 Å². The van der Waals surface area contributed by atoms with Crippen molar-refractivity contribution >= 4 is 5.97 Å². The molecule has 1 aromatic rings. The molecule has 0 bridgehead atoms. The van der Waals surface area contributed by atoms with Crippen LogP contribution in [-0.2, 0) is 4.74 Å². The quantitative estimate of drug-likeness (QED) is 0.697. The van der Waals surface area contributed by atoms with Crippen LogP contribution in [0.15, 0.2) is 18.2 Å². The molecular formula is C11H9NO4. The second kappa shape index (κ2) is 4.53. The summed E-state index contributed by atoms with van der Waals surface area (Å²) in [5.41, 5.74) is 0.347. The van der Waals surface area contributed by atoms with Gasteiger partial charge in [0.15, 0.2) is 18.1 Å². The standard InChI is InChI=1S/C11H9NO4/c12-3-4-16-11(13)8-1-2-9-10(7-8)15-6-5-14-9/h1-2,7H,4-6H2. The number of hydrogen-bond acceptors (Lipinski definition) is 5. The van der Waals surface area contributed by atoms with Crippen LogP contribution < -0.4 is 9.47 Å². The summed E-state index contributed by atoms with van der Waals surface area (Å²) in [7, 11) is 0. The highest BCUT2D eigenvalue weighted by Crippen LogP contribution is 2.30. The average molecular weight is 219 g/mol. The van der Waals surface area contributed by atoms with Crippen molar-refractivity contribution in [3.8, 4) is 17.6 Å². The number of rotatable bonds is 2. The van der Waals surface area contributed by atoms with Gasteiger partial charge >= 0.3 is 5.97 Å². The molecule has 0 radical (unpaired) electrons. The molecule has 1 aromatic carbocycles. The summed E-state index contributed by atoms with van der Waals surface area (Å²) in [5.74, 6) is 0.597. The van der Waals surface area contributed by atoms with Gasteiger partial charge in [-0.3, -0.25) is 0 Å². The van der Waals surface area contributed by atoms with E-state index in [1.165, 1.54) is 0 Å². The van der Waals surface area contributed by atoms with Crippen molar-refractivity contribution in [1.82, 2.24) is 0 Å². The van der Waals surface area contributed by atoms with E-state index in [-0.39, 0.29) is 6.61 Å². The minimum Gasteiger partial charge on any atom is -0.486 e. The van der Waals surface area contributed by atoms with Gasteiger partial charge in [0.05, 0.1) is 5.56 Å². The molecule has 0 saturated heterocycles. The van der Waals surface area contributed by atoms with Crippen LogP contribution in [0, 0.1) is 11.3 Å². The molecule has 1 heterocycles. The lowest BCUT2D eigenvalue weighted by molar-refractivity contribution is 0.0554. The van der Waals surface area contributed by atoms with Crippen LogP contribution in [-0.4, -0.2) is 25.8 Å².